The van der Waals surface area contributed by atoms with E-state index in [0.717, 1.165) is 0 Å². The Labute approximate surface area is 111 Å². The standard InChI is InChI=1S/C10H24N2O3S.ClH/c1-4-10(5-2,9-11)12-16(13,14)8-6-7-15-3;/h12H,4-9,11H2,1-3H3;1H. The van der Waals surface area contributed by atoms with E-state index in [1.54, 1.807) is 7.11 Å². The van der Waals surface area contributed by atoms with Gasteiger partial charge in [0.05, 0.1) is 5.75 Å². The first-order valence-electron chi connectivity index (χ1n) is 5.66. The molecule has 0 aromatic rings. The molecule has 17 heavy (non-hydrogen) atoms. The van der Waals surface area contributed by atoms with Crippen molar-refractivity contribution >= 4 is 22.4 Å². The van der Waals surface area contributed by atoms with Gasteiger partial charge in [-0.15, -0.1) is 12.4 Å². The quantitative estimate of drug-likeness (QED) is 0.617. The highest BCUT2D eigenvalue weighted by Crippen LogP contribution is 2.15. The second kappa shape index (κ2) is 9.10. The molecule has 0 aliphatic rings. The molecule has 5 nitrogen and oxygen atoms in total. The molecule has 0 heterocycles. The van der Waals surface area contributed by atoms with Gasteiger partial charge in [0.1, 0.15) is 0 Å². The van der Waals surface area contributed by atoms with E-state index in [0.29, 0.717) is 32.4 Å². The van der Waals surface area contributed by atoms with Crippen LogP contribution in [-0.4, -0.2) is 40.0 Å². The van der Waals surface area contributed by atoms with Gasteiger partial charge in [-0.2, -0.15) is 0 Å². The summed E-state index contributed by atoms with van der Waals surface area (Å²) in [6.07, 6.45) is 1.90. The minimum absolute atomic E-state index is 0. The van der Waals surface area contributed by atoms with Gasteiger partial charge >= 0.3 is 0 Å². The van der Waals surface area contributed by atoms with Crippen LogP contribution in [-0.2, 0) is 14.8 Å². The van der Waals surface area contributed by atoms with Gasteiger partial charge in [0.2, 0.25) is 10.0 Å². The summed E-state index contributed by atoms with van der Waals surface area (Å²) >= 11 is 0. The Balaban J connectivity index is 0. The number of hydrogen-bond donors (Lipinski definition) is 2. The van der Waals surface area contributed by atoms with E-state index in [4.69, 9.17) is 10.5 Å². The van der Waals surface area contributed by atoms with Crippen molar-refractivity contribution in [1.82, 2.24) is 4.72 Å². The van der Waals surface area contributed by atoms with Gasteiger partial charge in [-0.1, -0.05) is 13.8 Å². The monoisotopic (exact) mass is 288 g/mol. The summed E-state index contributed by atoms with van der Waals surface area (Å²) in [6.45, 7) is 4.65. The molecule has 0 aliphatic carbocycles. The molecular weight excluding hydrogens is 264 g/mol. The Morgan fingerprint density at radius 3 is 2.18 bits per heavy atom. The fourth-order valence-corrected chi connectivity index (χ4v) is 3.13. The van der Waals surface area contributed by atoms with Crippen molar-refractivity contribution in [3.63, 3.8) is 0 Å². The minimum Gasteiger partial charge on any atom is -0.385 e. The van der Waals surface area contributed by atoms with Crippen LogP contribution in [0, 0.1) is 0 Å². The third-order valence-electron chi connectivity index (χ3n) is 2.88. The van der Waals surface area contributed by atoms with Crippen molar-refractivity contribution in [1.29, 1.82) is 0 Å². The van der Waals surface area contributed by atoms with E-state index < -0.39 is 15.6 Å². The van der Waals surface area contributed by atoms with Gasteiger partial charge in [-0.05, 0) is 19.3 Å². The van der Waals surface area contributed by atoms with Crippen molar-refractivity contribution in [2.75, 3.05) is 26.0 Å². The first kappa shape index (κ1) is 19.5. The van der Waals surface area contributed by atoms with E-state index in [1.165, 1.54) is 0 Å². The molecule has 7 heteroatoms. The maximum atomic E-state index is 11.8. The van der Waals surface area contributed by atoms with Crippen LogP contribution in [0.25, 0.3) is 0 Å². The van der Waals surface area contributed by atoms with Crippen molar-refractivity contribution < 1.29 is 13.2 Å². The highest BCUT2D eigenvalue weighted by atomic mass is 35.5. The maximum Gasteiger partial charge on any atom is 0.212 e. The lowest BCUT2D eigenvalue weighted by molar-refractivity contribution is 0.199. The molecule has 0 saturated heterocycles. The van der Waals surface area contributed by atoms with Gasteiger partial charge in [-0.3, -0.25) is 0 Å². The highest BCUT2D eigenvalue weighted by molar-refractivity contribution is 7.89. The van der Waals surface area contributed by atoms with E-state index >= 15 is 0 Å². The number of ether oxygens (including phenoxy) is 1. The Morgan fingerprint density at radius 2 is 1.82 bits per heavy atom. The Hall–Kier alpha value is 0.120. The third-order valence-corrected chi connectivity index (χ3v) is 4.45. The number of halogens is 1. The number of nitrogens with one attached hydrogen (secondary N) is 1. The lowest BCUT2D eigenvalue weighted by atomic mass is 9.95. The fraction of sp³-hybridized carbons (Fsp3) is 1.00. The average molecular weight is 289 g/mol. The van der Waals surface area contributed by atoms with Crippen LogP contribution in [0.2, 0.25) is 0 Å². The molecule has 0 unspecified atom stereocenters. The van der Waals surface area contributed by atoms with Gasteiger partial charge in [-0.25, -0.2) is 13.1 Å². The number of rotatable bonds is 9. The largest absolute Gasteiger partial charge is 0.385 e. The Bertz CT molecular complexity index is 271. The topological polar surface area (TPSA) is 81.4 Å². The molecule has 0 saturated carbocycles. The van der Waals surface area contributed by atoms with E-state index in [-0.39, 0.29) is 18.2 Å². The molecule has 0 fully saturated rings. The first-order valence-corrected chi connectivity index (χ1v) is 7.31. The Morgan fingerprint density at radius 1 is 1.29 bits per heavy atom. The molecule has 0 aromatic carbocycles. The summed E-state index contributed by atoms with van der Waals surface area (Å²) in [5.74, 6) is 0.0859. The summed E-state index contributed by atoms with van der Waals surface area (Å²) in [5, 5.41) is 0. The van der Waals surface area contributed by atoms with Crippen LogP contribution in [0.15, 0.2) is 0 Å². The molecule has 106 valence electrons. The predicted molar refractivity (Wildman–Crippen MR) is 73.0 cm³/mol. The van der Waals surface area contributed by atoms with Crippen LogP contribution in [0.3, 0.4) is 0 Å². The molecule has 0 aromatic heterocycles. The average Bonchev–Trinajstić information content (AvgIpc) is 2.26. The van der Waals surface area contributed by atoms with Crippen LogP contribution < -0.4 is 10.5 Å². The zero-order chi connectivity index (χ0) is 12.7. The molecule has 0 rings (SSSR count). The second-order valence-electron chi connectivity index (χ2n) is 3.96. The summed E-state index contributed by atoms with van der Waals surface area (Å²) < 4.78 is 31.1. The van der Waals surface area contributed by atoms with Crippen LogP contribution in [0.5, 0.6) is 0 Å². The molecule has 0 spiro atoms. The zero-order valence-electron chi connectivity index (χ0n) is 10.9. The molecular formula is C10H25ClN2O3S. The zero-order valence-corrected chi connectivity index (χ0v) is 12.5. The van der Waals surface area contributed by atoms with Crippen molar-refractivity contribution in [3.8, 4) is 0 Å². The molecule has 3 N–H and O–H groups in total. The normalized spacial score (nSPS) is 12.2. The van der Waals surface area contributed by atoms with Gasteiger partial charge < -0.3 is 10.5 Å². The predicted octanol–water partition coefficient (Wildman–Crippen LogP) is 0.882. The molecule has 0 atom stereocenters. The van der Waals surface area contributed by atoms with E-state index in [2.05, 4.69) is 4.72 Å². The van der Waals surface area contributed by atoms with Gasteiger partial charge in [0.15, 0.2) is 0 Å². The highest BCUT2D eigenvalue weighted by Gasteiger charge is 2.29. The van der Waals surface area contributed by atoms with Crippen molar-refractivity contribution in [3.05, 3.63) is 0 Å². The van der Waals surface area contributed by atoms with Crippen LogP contribution >= 0.6 is 12.4 Å². The van der Waals surface area contributed by atoms with Gasteiger partial charge in [0.25, 0.3) is 0 Å². The number of methoxy groups -OCH3 is 1. The summed E-state index contributed by atoms with van der Waals surface area (Å²) in [5.41, 5.74) is 5.15. The van der Waals surface area contributed by atoms with Crippen LogP contribution in [0.4, 0.5) is 0 Å². The third kappa shape index (κ3) is 7.21. The van der Waals surface area contributed by atoms with Crippen LogP contribution in [0.1, 0.15) is 33.1 Å². The number of hydrogen-bond acceptors (Lipinski definition) is 4. The SMILES string of the molecule is CCC(CC)(CN)NS(=O)(=O)CCCOC.Cl. The lowest BCUT2D eigenvalue weighted by Crippen LogP contribution is -2.53. The first-order chi connectivity index (χ1) is 7.45. The Kier molecular flexibility index (Phi) is 10.4. The summed E-state index contributed by atoms with van der Waals surface area (Å²) in [6, 6.07) is 0. The maximum absolute atomic E-state index is 11.8. The summed E-state index contributed by atoms with van der Waals surface area (Å²) in [4.78, 5) is 0. The fourth-order valence-electron chi connectivity index (χ4n) is 1.50. The number of sulfonamides is 1. The molecule has 0 aliphatic heterocycles. The van der Waals surface area contributed by atoms with Gasteiger partial charge in [0, 0.05) is 25.8 Å². The molecule has 0 radical (unpaired) electrons. The number of nitrogens with two attached hydrogens (primary N) is 1. The molecule has 0 amide bonds. The smallest absolute Gasteiger partial charge is 0.212 e. The van der Waals surface area contributed by atoms with E-state index in [1.807, 2.05) is 13.8 Å². The van der Waals surface area contributed by atoms with Crippen molar-refractivity contribution in [2.45, 2.75) is 38.6 Å². The summed E-state index contributed by atoms with van der Waals surface area (Å²) in [7, 11) is -1.70. The minimum atomic E-state index is -3.26. The second-order valence-corrected chi connectivity index (χ2v) is 5.80. The van der Waals surface area contributed by atoms with Crippen molar-refractivity contribution in [2.24, 2.45) is 5.73 Å². The van der Waals surface area contributed by atoms with E-state index in [9.17, 15) is 8.42 Å². The molecule has 0 bridgehead atoms. The lowest BCUT2D eigenvalue weighted by Gasteiger charge is -2.30.